The lowest BCUT2D eigenvalue weighted by Crippen LogP contribution is -2.28. The van der Waals surface area contributed by atoms with Crippen molar-refractivity contribution < 1.29 is 4.79 Å². The fourth-order valence-corrected chi connectivity index (χ4v) is 2.62. The van der Waals surface area contributed by atoms with E-state index in [1.54, 1.807) is 28.9 Å². The molecule has 0 aliphatic heterocycles. The normalized spacial score (nSPS) is 10.5. The van der Waals surface area contributed by atoms with Crippen LogP contribution in [0.15, 0.2) is 60.9 Å². The van der Waals surface area contributed by atoms with Crippen molar-refractivity contribution in [3.63, 3.8) is 0 Å². The third-order valence-corrected chi connectivity index (χ3v) is 3.78. The summed E-state index contributed by atoms with van der Waals surface area (Å²) in [6.07, 6.45) is 3.36. The number of nitrogens with one attached hydrogen (secondary N) is 1. The maximum Gasteiger partial charge on any atom is 0.272 e. The van der Waals surface area contributed by atoms with Gasteiger partial charge in [0, 0.05) is 25.1 Å². The minimum absolute atomic E-state index is 0.119. The van der Waals surface area contributed by atoms with Gasteiger partial charge in [-0.05, 0) is 36.5 Å². The minimum atomic E-state index is -0.119. The highest BCUT2D eigenvalue weighted by atomic mass is 32.1. The lowest BCUT2D eigenvalue weighted by molar-refractivity contribution is 0.0775. The Morgan fingerprint density at radius 2 is 1.96 bits per heavy atom. The number of rotatable bonds is 4. The molecule has 0 aliphatic carbocycles. The molecule has 0 saturated heterocycles. The van der Waals surface area contributed by atoms with Gasteiger partial charge in [0.25, 0.3) is 5.91 Å². The molecule has 2 heterocycles. The van der Waals surface area contributed by atoms with Gasteiger partial charge in [-0.2, -0.15) is 0 Å². The zero-order chi connectivity index (χ0) is 16.2. The van der Waals surface area contributed by atoms with E-state index in [9.17, 15) is 4.79 Å². The van der Waals surface area contributed by atoms with E-state index in [1.165, 1.54) is 0 Å². The first-order valence-electron chi connectivity index (χ1n) is 7.18. The Kier molecular flexibility index (Phi) is 4.34. The first kappa shape index (κ1) is 15.2. The minimum Gasteiger partial charge on any atom is -0.336 e. The molecule has 0 unspecified atom stereocenters. The lowest BCUT2D eigenvalue weighted by atomic mass is 10.3. The van der Waals surface area contributed by atoms with Crippen molar-refractivity contribution in [2.45, 2.75) is 6.54 Å². The molecule has 0 bridgehead atoms. The third-order valence-electron chi connectivity index (χ3n) is 3.48. The molecule has 1 N–H and O–H groups in total. The standard InChI is InChI=1S/C17H16N4OS/c1-20(12-13-7-5-6-10-18-13)16(22)15-11-19-17(23)21(15)14-8-3-2-4-9-14/h2-11H,12H2,1H3,(H,19,23). The van der Waals surface area contributed by atoms with Gasteiger partial charge >= 0.3 is 0 Å². The summed E-state index contributed by atoms with van der Waals surface area (Å²) in [4.78, 5) is 21.6. The molecule has 0 saturated carbocycles. The molecule has 23 heavy (non-hydrogen) atoms. The molecule has 3 rings (SSSR count). The maximum absolute atomic E-state index is 12.8. The van der Waals surface area contributed by atoms with Gasteiger partial charge in [0.1, 0.15) is 5.69 Å². The van der Waals surface area contributed by atoms with Crippen LogP contribution in [0.3, 0.4) is 0 Å². The van der Waals surface area contributed by atoms with Crippen LogP contribution in [0.1, 0.15) is 16.2 Å². The van der Waals surface area contributed by atoms with Crippen molar-refractivity contribution in [3.8, 4) is 5.69 Å². The van der Waals surface area contributed by atoms with Crippen LogP contribution in [0, 0.1) is 4.77 Å². The molecule has 6 heteroatoms. The number of hydrogen-bond donors (Lipinski definition) is 1. The number of nitrogens with zero attached hydrogens (tertiary/aromatic N) is 3. The van der Waals surface area contributed by atoms with Crippen molar-refractivity contribution >= 4 is 18.1 Å². The Morgan fingerprint density at radius 3 is 2.65 bits per heavy atom. The second-order valence-corrected chi connectivity index (χ2v) is 5.52. The van der Waals surface area contributed by atoms with E-state index in [2.05, 4.69) is 9.97 Å². The van der Waals surface area contributed by atoms with Crippen molar-refractivity contribution in [1.82, 2.24) is 19.4 Å². The van der Waals surface area contributed by atoms with Crippen LogP contribution in [0.2, 0.25) is 0 Å². The van der Waals surface area contributed by atoms with Gasteiger partial charge in [-0.15, -0.1) is 0 Å². The third kappa shape index (κ3) is 3.22. The fraction of sp³-hybridized carbons (Fsp3) is 0.118. The van der Waals surface area contributed by atoms with Crippen LogP contribution in [0.5, 0.6) is 0 Å². The Bertz CT molecular complexity index is 855. The highest BCUT2D eigenvalue weighted by Gasteiger charge is 2.18. The molecule has 5 nitrogen and oxygen atoms in total. The van der Waals surface area contributed by atoms with Crippen LogP contribution in [0.25, 0.3) is 5.69 Å². The van der Waals surface area contributed by atoms with Crippen molar-refractivity contribution in [3.05, 3.63) is 77.1 Å². The van der Waals surface area contributed by atoms with Gasteiger partial charge in [0.05, 0.1) is 12.2 Å². The molecule has 2 aromatic heterocycles. The van der Waals surface area contributed by atoms with Crippen LogP contribution in [-0.2, 0) is 6.54 Å². The average Bonchev–Trinajstić information content (AvgIpc) is 2.97. The maximum atomic E-state index is 12.8. The smallest absolute Gasteiger partial charge is 0.272 e. The molecule has 0 fully saturated rings. The number of pyridine rings is 1. The number of carbonyl (C=O) groups excluding carboxylic acids is 1. The van der Waals surface area contributed by atoms with Crippen molar-refractivity contribution in [2.24, 2.45) is 0 Å². The monoisotopic (exact) mass is 324 g/mol. The molecule has 0 radical (unpaired) electrons. The van der Waals surface area contributed by atoms with E-state index in [1.807, 2.05) is 48.5 Å². The number of para-hydroxylation sites is 1. The quantitative estimate of drug-likeness (QED) is 0.750. The van der Waals surface area contributed by atoms with Gasteiger partial charge in [-0.1, -0.05) is 24.3 Å². The number of hydrogen-bond acceptors (Lipinski definition) is 3. The van der Waals surface area contributed by atoms with Crippen LogP contribution in [0.4, 0.5) is 0 Å². The molecule has 1 aromatic carbocycles. The average molecular weight is 324 g/mol. The molecule has 1 amide bonds. The van der Waals surface area contributed by atoms with Crippen molar-refractivity contribution in [1.29, 1.82) is 0 Å². The first-order valence-corrected chi connectivity index (χ1v) is 7.59. The zero-order valence-electron chi connectivity index (χ0n) is 12.6. The Morgan fingerprint density at radius 1 is 1.22 bits per heavy atom. The number of H-pyrrole nitrogens is 1. The molecule has 0 atom stereocenters. The second-order valence-electron chi connectivity index (χ2n) is 5.13. The summed E-state index contributed by atoms with van der Waals surface area (Å²) >= 11 is 5.31. The molecule has 116 valence electrons. The molecule has 3 aromatic rings. The van der Waals surface area contributed by atoms with Crippen LogP contribution in [-0.4, -0.2) is 32.4 Å². The highest BCUT2D eigenvalue weighted by Crippen LogP contribution is 2.14. The van der Waals surface area contributed by atoms with E-state index in [0.29, 0.717) is 17.0 Å². The predicted octanol–water partition coefficient (Wildman–Crippen LogP) is 3.20. The zero-order valence-corrected chi connectivity index (χ0v) is 13.5. The largest absolute Gasteiger partial charge is 0.336 e. The van der Waals surface area contributed by atoms with Gasteiger partial charge in [-0.25, -0.2) is 0 Å². The number of aromatic amines is 1. The Hall–Kier alpha value is -2.73. The summed E-state index contributed by atoms with van der Waals surface area (Å²) in [7, 11) is 1.75. The van der Waals surface area contributed by atoms with Gasteiger partial charge in [-0.3, -0.25) is 14.3 Å². The van der Waals surface area contributed by atoms with E-state index in [4.69, 9.17) is 12.2 Å². The van der Waals surface area contributed by atoms with Gasteiger partial charge in [0.15, 0.2) is 4.77 Å². The number of carbonyl (C=O) groups is 1. The first-order chi connectivity index (χ1) is 11.2. The summed E-state index contributed by atoms with van der Waals surface area (Å²) in [5.41, 5.74) is 2.19. The molecular formula is C17H16N4OS. The van der Waals surface area contributed by atoms with Crippen LogP contribution < -0.4 is 0 Å². The number of aromatic nitrogens is 3. The summed E-state index contributed by atoms with van der Waals surface area (Å²) in [5, 5.41) is 0. The summed E-state index contributed by atoms with van der Waals surface area (Å²) in [5.74, 6) is -0.119. The fourth-order valence-electron chi connectivity index (χ4n) is 2.36. The van der Waals surface area contributed by atoms with E-state index >= 15 is 0 Å². The highest BCUT2D eigenvalue weighted by molar-refractivity contribution is 7.71. The molecular weight excluding hydrogens is 308 g/mol. The summed E-state index contributed by atoms with van der Waals surface area (Å²) in [6.45, 7) is 0.437. The van der Waals surface area contributed by atoms with Gasteiger partial charge in [0.2, 0.25) is 0 Å². The Balaban J connectivity index is 1.90. The Labute approximate surface area is 139 Å². The topological polar surface area (TPSA) is 53.9 Å². The number of amides is 1. The number of benzene rings is 1. The van der Waals surface area contributed by atoms with E-state index in [-0.39, 0.29) is 5.91 Å². The van der Waals surface area contributed by atoms with Gasteiger partial charge < -0.3 is 9.88 Å². The lowest BCUT2D eigenvalue weighted by Gasteiger charge is -2.17. The SMILES string of the molecule is CN(Cc1ccccn1)C(=O)c1c[nH]c(=S)n1-c1ccccc1. The van der Waals surface area contributed by atoms with E-state index in [0.717, 1.165) is 11.4 Å². The molecule has 0 spiro atoms. The van der Waals surface area contributed by atoms with E-state index < -0.39 is 0 Å². The summed E-state index contributed by atoms with van der Waals surface area (Å²) < 4.78 is 2.23. The predicted molar refractivity (Wildman–Crippen MR) is 91.0 cm³/mol. The van der Waals surface area contributed by atoms with Crippen LogP contribution >= 0.6 is 12.2 Å². The number of imidazole rings is 1. The second kappa shape index (κ2) is 6.58. The van der Waals surface area contributed by atoms with Crippen molar-refractivity contribution in [2.75, 3.05) is 7.05 Å². The summed E-state index contributed by atoms with van der Waals surface area (Å²) in [6, 6.07) is 15.2. The molecule has 0 aliphatic rings.